The number of hydrogen-bond acceptors (Lipinski definition) is 1. The van der Waals surface area contributed by atoms with Crippen LogP contribution in [0.2, 0.25) is 0 Å². The minimum Gasteiger partial charge on any atom is -0.493 e. The smallest absolute Gasteiger partial charge is 0.122 e. The van der Waals surface area contributed by atoms with Gasteiger partial charge in [-0.25, -0.2) is 0 Å². The molecule has 0 unspecified atom stereocenters. The molecular weight excluding hydrogens is 232 g/mol. The van der Waals surface area contributed by atoms with E-state index in [2.05, 4.69) is 37.3 Å². The molecule has 2 aromatic carbocycles. The van der Waals surface area contributed by atoms with Gasteiger partial charge in [0.25, 0.3) is 0 Å². The molecule has 0 saturated carbocycles. The average molecular weight is 253 g/mol. The van der Waals surface area contributed by atoms with Crippen LogP contribution in [0.1, 0.15) is 30.4 Å². The van der Waals surface area contributed by atoms with E-state index in [-0.39, 0.29) is 0 Å². The van der Waals surface area contributed by atoms with E-state index in [1.807, 2.05) is 24.3 Å². The van der Waals surface area contributed by atoms with Crippen molar-refractivity contribution in [2.45, 2.75) is 25.7 Å². The molecule has 99 valence electrons. The Morgan fingerprint density at radius 2 is 1.53 bits per heavy atom. The largest absolute Gasteiger partial charge is 0.493 e. The van der Waals surface area contributed by atoms with E-state index < -0.39 is 0 Å². The Bertz CT molecular complexity index is 476. The molecule has 0 aromatic heterocycles. The molecule has 0 spiro atoms. The zero-order chi connectivity index (χ0) is 13.3. The Labute approximate surface area is 116 Å². The average Bonchev–Trinajstić information content (AvgIpc) is 2.45. The van der Waals surface area contributed by atoms with Gasteiger partial charge in [0.2, 0.25) is 0 Å². The van der Waals surface area contributed by atoms with Crippen LogP contribution < -0.4 is 4.74 Å². The summed E-state index contributed by atoms with van der Waals surface area (Å²) in [6.45, 7) is 4.73. The summed E-state index contributed by atoms with van der Waals surface area (Å²) < 4.78 is 5.73. The first-order valence-electron chi connectivity index (χ1n) is 6.94. The quantitative estimate of drug-likeness (QED) is 0.652. The molecule has 1 radical (unpaired) electrons. The van der Waals surface area contributed by atoms with Gasteiger partial charge in [0, 0.05) is 0 Å². The zero-order valence-electron chi connectivity index (χ0n) is 11.3. The molecule has 0 fully saturated rings. The molecule has 2 rings (SSSR count). The van der Waals surface area contributed by atoms with Crippen molar-refractivity contribution in [3.8, 4) is 5.75 Å². The fourth-order valence-electron chi connectivity index (χ4n) is 2.08. The fourth-order valence-corrected chi connectivity index (χ4v) is 2.08. The second-order valence-electron chi connectivity index (χ2n) is 4.75. The highest BCUT2D eigenvalue weighted by molar-refractivity contribution is 5.35. The molecular formula is C18H21O. The van der Waals surface area contributed by atoms with E-state index in [1.165, 1.54) is 18.4 Å². The van der Waals surface area contributed by atoms with Crippen molar-refractivity contribution in [1.29, 1.82) is 0 Å². The van der Waals surface area contributed by atoms with Gasteiger partial charge in [-0.1, -0.05) is 48.5 Å². The molecule has 0 aliphatic carbocycles. The first kappa shape index (κ1) is 13.7. The van der Waals surface area contributed by atoms with Gasteiger partial charge in [-0.3, -0.25) is 0 Å². The van der Waals surface area contributed by atoms with Crippen molar-refractivity contribution >= 4 is 0 Å². The van der Waals surface area contributed by atoms with Crippen LogP contribution in [0.3, 0.4) is 0 Å². The van der Waals surface area contributed by atoms with E-state index in [1.54, 1.807) is 0 Å². The van der Waals surface area contributed by atoms with E-state index in [4.69, 9.17) is 4.74 Å². The van der Waals surface area contributed by atoms with E-state index in [9.17, 15) is 0 Å². The summed E-state index contributed by atoms with van der Waals surface area (Å²) in [5.41, 5.74) is 2.39. The number of aryl methyl sites for hydroxylation is 1. The number of hydrogen-bond donors (Lipinski definition) is 0. The monoisotopic (exact) mass is 253 g/mol. The summed E-state index contributed by atoms with van der Waals surface area (Å²) in [6, 6.07) is 18.6. The Balaban J connectivity index is 1.59. The van der Waals surface area contributed by atoms with Crippen LogP contribution in [-0.2, 0) is 6.42 Å². The third-order valence-corrected chi connectivity index (χ3v) is 3.18. The van der Waals surface area contributed by atoms with E-state index >= 15 is 0 Å². The lowest BCUT2D eigenvalue weighted by Crippen LogP contribution is -1.99. The van der Waals surface area contributed by atoms with Gasteiger partial charge in [-0.05, 0) is 49.8 Å². The number of unbranched alkanes of at least 4 members (excludes halogenated alkanes) is 2. The normalized spacial score (nSPS) is 10.4. The third-order valence-electron chi connectivity index (χ3n) is 3.18. The maximum atomic E-state index is 5.73. The molecule has 0 heterocycles. The minimum atomic E-state index is 0.779. The minimum absolute atomic E-state index is 0.779. The second-order valence-corrected chi connectivity index (χ2v) is 4.75. The highest BCUT2D eigenvalue weighted by Gasteiger charge is 1.97. The van der Waals surface area contributed by atoms with Gasteiger partial charge >= 0.3 is 0 Å². The molecule has 0 aliphatic heterocycles. The molecule has 0 amide bonds. The molecule has 0 bridgehead atoms. The standard InChI is InChI=1S/C18H21O/c1-16-10-7-8-14-18(16)19-15-9-3-6-13-17-11-4-2-5-12-17/h2,4-5,7-8,10-12,14H,1,3,6,9,13,15H2. The number of ether oxygens (including phenoxy) is 1. The van der Waals surface area contributed by atoms with Gasteiger partial charge in [-0.15, -0.1) is 0 Å². The van der Waals surface area contributed by atoms with Gasteiger partial charge in [0.15, 0.2) is 0 Å². The maximum absolute atomic E-state index is 5.73. The van der Waals surface area contributed by atoms with Crippen LogP contribution >= 0.6 is 0 Å². The third kappa shape index (κ3) is 4.78. The van der Waals surface area contributed by atoms with Crippen LogP contribution in [0.5, 0.6) is 5.75 Å². The van der Waals surface area contributed by atoms with Crippen molar-refractivity contribution in [2.24, 2.45) is 0 Å². The number of para-hydroxylation sites is 1. The lowest BCUT2D eigenvalue weighted by Gasteiger charge is -2.08. The molecule has 2 aromatic rings. The van der Waals surface area contributed by atoms with Crippen LogP contribution in [0, 0.1) is 6.92 Å². The summed E-state index contributed by atoms with van der Waals surface area (Å²) in [7, 11) is 0. The van der Waals surface area contributed by atoms with Crippen molar-refractivity contribution in [2.75, 3.05) is 6.61 Å². The first-order chi connectivity index (χ1) is 9.36. The topological polar surface area (TPSA) is 9.23 Å². The zero-order valence-corrected chi connectivity index (χ0v) is 11.3. The van der Waals surface area contributed by atoms with Crippen LogP contribution in [0.25, 0.3) is 0 Å². The first-order valence-corrected chi connectivity index (χ1v) is 6.94. The summed E-state index contributed by atoms with van der Waals surface area (Å²) in [6.07, 6.45) is 4.68. The fraction of sp³-hybridized carbons (Fsp3) is 0.278. The molecule has 0 N–H and O–H groups in total. The molecule has 0 saturated heterocycles. The van der Waals surface area contributed by atoms with Crippen LogP contribution in [-0.4, -0.2) is 6.61 Å². The molecule has 0 aliphatic rings. The summed E-state index contributed by atoms with van der Waals surface area (Å²) in [5, 5.41) is 0. The van der Waals surface area contributed by atoms with Gasteiger partial charge in [-0.2, -0.15) is 0 Å². The molecule has 19 heavy (non-hydrogen) atoms. The van der Waals surface area contributed by atoms with Crippen molar-refractivity contribution in [1.82, 2.24) is 0 Å². The summed E-state index contributed by atoms with van der Waals surface area (Å²) in [4.78, 5) is 0. The molecule has 0 atom stereocenters. The lowest BCUT2D eigenvalue weighted by atomic mass is 10.1. The number of rotatable bonds is 7. The Kier molecular flexibility index (Phi) is 5.49. The van der Waals surface area contributed by atoms with Gasteiger partial charge in [0.05, 0.1) is 6.61 Å². The maximum Gasteiger partial charge on any atom is 0.122 e. The highest BCUT2D eigenvalue weighted by Crippen LogP contribution is 2.16. The van der Waals surface area contributed by atoms with Crippen molar-refractivity contribution in [3.05, 3.63) is 72.6 Å². The van der Waals surface area contributed by atoms with Crippen LogP contribution in [0.4, 0.5) is 0 Å². The Hall–Kier alpha value is -1.76. The van der Waals surface area contributed by atoms with E-state index in [0.29, 0.717) is 0 Å². The van der Waals surface area contributed by atoms with Gasteiger partial charge < -0.3 is 4.74 Å². The Morgan fingerprint density at radius 1 is 0.789 bits per heavy atom. The molecule has 1 heteroatoms. The van der Waals surface area contributed by atoms with E-state index in [0.717, 1.165) is 30.8 Å². The second kappa shape index (κ2) is 7.63. The predicted molar refractivity (Wildman–Crippen MR) is 80.4 cm³/mol. The SMILES string of the molecule is [CH2]c1ccccc1OCCCCCc1ccccc1. The van der Waals surface area contributed by atoms with Crippen LogP contribution in [0.15, 0.2) is 54.6 Å². The van der Waals surface area contributed by atoms with Crippen molar-refractivity contribution in [3.63, 3.8) is 0 Å². The lowest BCUT2D eigenvalue weighted by molar-refractivity contribution is 0.304. The summed E-state index contributed by atoms with van der Waals surface area (Å²) in [5.74, 6) is 0.908. The van der Waals surface area contributed by atoms with Crippen molar-refractivity contribution < 1.29 is 4.74 Å². The Morgan fingerprint density at radius 3 is 2.32 bits per heavy atom. The highest BCUT2D eigenvalue weighted by atomic mass is 16.5. The number of benzene rings is 2. The summed E-state index contributed by atoms with van der Waals surface area (Å²) >= 11 is 0. The predicted octanol–water partition coefficient (Wildman–Crippen LogP) is 4.66. The molecule has 1 nitrogen and oxygen atoms in total. The van der Waals surface area contributed by atoms with Gasteiger partial charge in [0.1, 0.15) is 5.75 Å².